The van der Waals surface area contributed by atoms with Crippen molar-refractivity contribution < 1.29 is 13.5 Å². The lowest BCUT2D eigenvalue weighted by molar-refractivity contribution is 0.300. The molecular weight excluding hydrogens is 494 g/mol. The lowest BCUT2D eigenvalue weighted by Crippen LogP contribution is -2.12. The van der Waals surface area contributed by atoms with Crippen LogP contribution in [0.25, 0.3) is 11.1 Å². The van der Waals surface area contributed by atoms with Crippen LogP contribution in [0.15, 0.2) is 67.0 Å². The highest BCUT2D eigenvalue weighted by molar-refractivity contribution is 6.31. The average molecular weight is 531 g/mol. The number of hydrogen-bond donors (Lipinski definition) is 3. The molecule has 2 aromatic carbocycles. The van der Waals surface area contributed by atoms with Crippen molar-refractivity contribution in [3.8, 4) is 16.9 Å². The zero-order valence-corrected chi connectivity index (χ0v) is 22.8. The Morgan fingerprint density at radius 1 is 1.08 bits per heavy atom. The summed E-state index contributed by atoms with van der Waals surface area (Å²) >= 11 is 5.81. The molecule has 3 aromatic rings. The van der Waals surface area contributed by atoms with E-state index in [4.69, 9.17) is 22.1 Å². The maximum Gasteiger partial charge on any atom is 0.166 e. The summed E-state index contributed by atoms with van der Waals surface area (Å²) in [5.41, 5.74) is 11.1. The third-order valence-corrected chi connectivity index (χ3v) is 5.33. The molecule has 4 N–H and O–H groups in total. The number of aromatic nitrogens is 1. The molecule has 0 bridgehead atoms. The molecule has 0 atom stereocenters. The number of anilines is 2. The maximum atomic E-state index is 13.9. The molecule has 0 saturated carbocycles. The van der Waals surface area contributed by atoms with Crippen LogP contribution < -0.4 is 21.1 Å². The van der Waals surface area contributed by atoms with Crippen molar-refractivity contribution >= 4 is 23.1 Å². The average Bonchev–Trinajstić information content (AvgIpc) is 2.92. The van der Waals surface area contributed by atoms with E-state index >= 15 is 0 Å². The van der Waals surface area contributed by atoms with E-state index in [1.54, 1.807) is 12.3 Å². The van der Waals surface area contributed by atoms with Crippen molar-refractivity contribution in [1.82, 2.24) is 10.3 Å². The van der Waals surface area contributed by atoms with Gasteiger partial charge in [0.2, 0.25) is 0 Å². The van der Waals surface area contributed by atoms with Crippen LogP contribution in [0.2, 0.25) is 5.02 Å². The van der Waals surface area contributed by atoms with Gasteiger partial charge in [0.25, 0.3) is 0 Å². The lowest BCUT2D eigenvalue weighted by atomic mass is 10.1. The van der Waals surface area contributed by atoms with Crippen LogP contribution in [0.5, 0.6) is 5.75 Å². The van der Waals surface area contributed by atoms with Crippen LogP contribution >= 0.6 is 11.6 Å². The monoisotopic (exact) mass is 530 g/mol. The van der Waals surface area contributed by atoms with Crippen LogP contribution in [0.4, 0.5) is 20.3 Å². The van der Waals surface area contributed by atoms with E-state index in [0.717, 1.165) is 48.5 Å². The first-order valence-corrected chi connectivity index (χ1v) is 12.5. The number of nitrogens with zero attached hydrogens (tertiary/aromatic N) is 1. The SMILES string of the molecule is C=C=CCC.CCCNCC.CNc1ccc(-c2cnc(N)c(OCc3c(F)ccc(F)c3Cl)c2)cc1. The largest absolute Gasteiger partial charge is 0.485 e. The molecule has 0 unspecified atom stereocenters. The molecule has 0 fully saturated rings. The van der Waals surface area contributed by atoms with Crippen molar-refractivity contribution in [1.29, 1.82) is 0 Å². The second-order valence-corrected chi connectivity index (χ2v) is 8.09. The first-order chi connectivity index (χ1) is 17.8. The molecule has 0 aliphatic carbocycles. The highest BCUT2D eigenvalue weighted by atomic mass is 35.5. The topological polar surface area (TPSA) is 72.2 Å². The van der Waals surface area contributed by atoms with Gasteiger partial charge in [0.1, 0.15) is 18.2 Å². The molecule has 0 radical (unpaired) electrons. The summed E-state index contributed by atoms with van der Waals surface area (Å²) in [7, 11) is 1.84. The molecule has 8 heteroatoms. The molecule has 3 rings (SSSR count). The third-order valence-electron chi connectivity index (χ3n) is 4.92. The van der Waals surface area contributed by atoms with E-state index in [1.807, 2.05) is 37.4 Å². The Morgan fingerprint density at radius 3 is 2.27 bits per heavy atom. The van der Waals surface area contributed by atoms with Gasteiger partial charge in [-0.1, -0.05) is 51.1 Å². The molecule has 37 heavy (non-hydrogen) atoms. The first kappa shape index (κ1) is 31.6. The fraction of sp³-hybridized carbons (Fsp3) is 0.310. The van der Waals surface area contributed by atoms with Gasteiger partial charge in [-0.25, -0.2) is 13.8 Å². The summed E-state index contributed by atoms with van der Waals surface area (Å²) in [6.07, 6.45) is 5.80. The van der Waals surface area contributed by atoms with Gasteiger partial charge in [-0.05, 0) is 67.9 Å². The van der Waals surface area contributed by atoms with Crippen molar-refractivity contribution in [2.45, 2.75) is 40.2 Å². The van der Waals surface area contributed by atoms with Gasteiger partial charge in [0.15, 0.2) is 11.6 Å². The van der Waals surface area contributed by atoms with Gasteiger partial charge < -0.3 is 21.1 Å². The third kappa shape index (κ3) is 11.0. The van der Waals surface area contributed by atoms with Gasteiger partial charge >= 0.3 is 0 Å². The molecule has 0 amide bonds. The molecule has 5 nitrogen and oxygen atoms in total. The van der Waals surface area contributed by atoms with E-state index in [9.17, 15) is 8.78 Å². The predicted octanol–water partition coefficient (Wildman–Crippen LogP) is 7.63. The van der Waals surface area contributed by atoms with Crippen molar-refractivity contribution in [3.05, 3.63) is 89.3 Å². The molecule has 0 saturated heterocycles. The Hall–Kier alpha value is -3.38. The van der Waals surface area contributed by atoms with Crippen LogP contribution in [0.3, 0.4) is 0 Å². The highest BCUT2D eigenvalue weighted by Gasteiger charge is 2.14. The summed E-state index contributed by atoms with van der Waals surface area (Å²) in [5.74, 6) is -0.952. The number of ether oxygens (including phenoxy) is 1. The molecule has 1 aromatic heterocycles. The number of allylic oxidation sites excluding steroid dienone is 1. The van der Waals surface area contributed by atoms with E-state index in [-0.39, 0.29) is 28.8 Å². The number of pyridine rings is 1. The molecule has 0 aliphatic rings. The Kier molecular flexibility index (Phi) is 15.4. The quantitative estimate of drug-likeness (QED) is 0.151. The molecule has 0 aliphatic heterocycles. The number of halogens is 3. The second-order valence-electron chi connectivity index (χ2n) is 7.72. The number of hydrogen-bond acceptors (Lipinski definition) is 5. The Morgan fingerprint density at radius 2 is 1.76 bits per heavy atom. The smallest absolute Gasteiger partial charge is 0.166 e. The summed E-state index contributed by atoms with van der Waals surface area (Å²) in [6.45, 7) is 11.7. The molecule has 200 valence electrons. The number of rotatable bonds is 9. The van der Waals surface area contributed by atoms with Gasteiger partial charge in [-0.15, -0.1) is 5.73 Å². The number of benzene rings is 2. The maximum absolute atomic E-state index is 13.9. The normalized spacial score (nSPS) is 9.70. The van der Waals surface area contributed by atoms with Crippen LogP contribution in [0.1, 0.15) is 39.2 Å². The van der Waals surface area contributed by atoms with Crippen LogP contribution in [-0.4, -0.2) is 25.1 Å². The standard InChI is InChI=1S/C19H16ClF2N3O.C5H13N.C5H8/c1-24-13-4-2-11(3-5-13)12-8-17(19(23)25-9-12)26-10-14-15(21)6-7-16(22)18(14)20;1-3-5-6-4-2;1-3-5-4-2/h2-9,24H,10H2,1H3,(H2,23,25);6H,3-5H2,1-2H3;5H,1,4H2,2H3. The second kappa shape index (κ2) is 18.0. The minimum absolute atomic E-state index is 0.0742. The minimum atomic E-state index is -0.712. The Bertz CT molecular complexity index is 1130. The lowest BCUT2D eigenvalue weighted by Gasteiger charge is -2.12. The van der Waals surface area contributed by atoms with E-state index in [1.165, 1.54) is 6.42 Å². The molecule has 0 spiro atoms. The van der Waals surface area contributed by atoms with Crippen molar-refractivity contribution in [2.75, 3.05) is 31.2 Å². The summed E-state index contributed by atoms with van der Waals surface area (Å²) in [4.78, 5) is 4.11. The van der Waals surface area contributed by atoms with Gasteiger partial charge in [0, 0.05) is 30.1 Å². The fourth-order valence-corrected chi connectivity index (χ4v) is 3.11. The van der Waals surface area contributed by atoms with Crippen molar-refractivity contribution in [2.24, 2.45) is 0 Å². The minimum Gasteiger partial charge on any atom is -0.485 e. The van der Waals surface area contributed by atoms with Crippen LogP contribution in [-0.2, 0) is 6.61 Å². The Labute approximate surface area is 224 Å². The van der Waals surface area contributed by atoms with Gasteiger partial charge in [-0.2, -0.15) is 0 Å². The summed E-state index contributed by atoms with van der Waals surface area (Å²) < 4.78 is 32.9. The Balaban J connectivity index is 0.000000524. The summed E-state index contributed by atoms with van der Waals surface area (Å²) in [5, 5.41) is 5.93. The zero-order chi connectivity index (χ0) is 27.6. The number of nitrogens with two attached hydrogens (primary N) is 1. The number of nitrogens with one attached hydrogen (secondary N) is 2. The van der Waals surface area contributed by atoms with Crippen molar-refractivity contribution in [3.63, 3.8) is 0 Å². The summed E-state index contributed by atoms with van der Waals surface area (Å²) in [6, 6.07) is 11.4. The predicted molar refractivity (Wildman–Crippen MR) is 152 cm³/mol. The molecular formula is C29H37ClF2N4O. The van der Waals surface area contributed by atoms with E-state index < -0.39 is 11.6 Å². The van der Waals surface area contributed by atoms with E-state index in [0.29, 0.717) is 0 Å². The van der Waals surface area contributed by atoms with Crippen LogP contribution in [0, 0.1) is 11.6 Å². The fourth-order valence-electron chi connectivity index (χ4n) is 2.91. The molecule has 1 heterocycles. The highest BCUT2D eigenvalue weighted by Crippen LogP contribution is 2.30. The van der Waals surface area contributed by atoms with E-state index in [2.05, 4.69) is 48.7 Å². The van der Waals surface area contributed by atoms with Gasteiger partial charge in [0.05, 0.1) is 5.02 Å². The first-order valence-electron chi connectivity index (χ1n) is 12.2. The zero-order valence-electron chi connectivity index (χ0n) is 22.0. The number of nitrogen functional groups attached to an aromatic ring is 1. The van der Waals surface area contributed by atoms with Gasteiger partial charge in [-0.3, -0.25) is 0 Å².